The van der Waals surface area contributed by atoms with Crippen LogP contribution in [-0.2, 0) is 15.6 Å². The van der Waals surface area contributed by atoms with Crippen LogP contribution in [0.1, 0.15) is 18.4 Å². The molecule has 2 fully saturated rings. The fraction of sp³-hybridized carbons (Fsp3) is 0.500. The fourth-order valence-electron chi connectivity index (χ4n) is 4.12. The molecule has 1 saturated heterocycles. The van der Waals surface area contributed by atoms with Crippen LogP contribution >= 0.6 is 11.3 Å². The molecule has 33 heavy (non-hydrogen) atoms. The molecule has 1 saturated carbocycles. The second-order valence-corrected chi connectivity index (χ2v) is 11.2. The highest BCUT2D eigenvalue weighted by molar-refractivity contribution is 7.91. The predicted molar refractivity (Wildman–Crippen MR) is 109 cm³/mol. The van der Waals surface area contributed by atoms with Crippen LogP contribution in [0.4, 0.5) is 32.0 Å². The van der Waals surface area contributed by atoms with Gasteiger partial charge in [-0.25, -0.2) is 8.42 Å². The quantitative estimate of drug-likeness (QED) is 0.603. The smallest absolute Gasteiger partial charge is 0.369 e. The van der Waals surface area contributed by atoms with Crippen molar-refractivity contribution in [2.24, 2.45) is 5.92 Å². The number of alkyl halides is 6. The van der Waals surface area contributed by atoms with Gasteiger partial charge in [-0.2, -0.15) is 30.6 Å². The van der Waals surface area contributed by atoms with E-state index < -0.39 is 33.5 Å². The minimum Gasteiger partial charge on any atom is -0.369 e. The van der Waals surface area contributed by atoms with E-state index in [9.17, 15) is 39.9 Å². The van der Waals surface area contributed by atoms with E-state index >= 15 is 0 Å². The van der Waals surface area contributed by atoms with Crippen molar-refractivity contribution in [2.45, 2.75) is 41.0 Å². The number of thiophene rings is 1. The Morgan fingerprint density at radius 3 is 2.03 bits per heavy atom. The summed E-state index contributed by atoms with van der Waals surface area (Å²) in [5.74, 6) is 0.141. The fourth-order valence-corrected chi connectivity index (χ4v) is 6.91. The second kappa shape index (κ2) is 8.14. The van der Waals surface area contributed by atoms with Gasteiger partial charge in [0.1, 0.15) is 4.21 Å². The summed E-state index contributed by atoms with van der Waals surface area (Å²) in [5, 5.41) is 11.2. The van der Waals surface area contributed by atoms with Crippen molar-refractivity contribution < 1.29 is 39.9 Å². The Morgan fingerprint density at radius 2 is 1.55 bits per heavy atom. The van der Waals surface area contributed by atoms with E-state index in [1.807, 2.05) is 0 Å². The molecule has 1 aliphatic carbocycles. The summed E-state index contributed by atoms with van der Waals surface area (Å²) in [6.45, 7) is 0.617. The lowest BCUT2D eigenvalue weighted by molar-refractivity contribution is -0.376. The van der Waals surface area contributed by atoms with E-state index in [0.717, 1.165) is 36.3 Å². The maximum absolute atomic E-state index is 13.1. The number of anilines is 1. The van der Waals surface area contributed by atoms with E-state index in [1.165, 1.54) is 10.4 Å². The first-order valence-corrected chi connectivity index (χ1v) is 12.4. The summed E-state index contributed by atoms with van der Waals surface area (Å²) >= 11 is 1.11. The number of sulfonamides is 1. The normalized spacial score (nSPS) is 21.4. The first-order valence-electron chi connectivity index (χ1n) is 10.0. The Bertz CT molecular complexity index is 1070. The molecule has 13 heteroatoms. The summed E-state index contributed by atoms with van der Waals surface area (Å²) in [6.07, 6.45) is -10.2. The number of rotatable bonds is 5. The van der Waals surface area contributed by atoms with Crippen molar-refractivity contribution in [1.29, 1.82) is 0 Å². The zero-order valence-corrected chi connectivity index (χ0v) is 18.6. The molecule has 1 aromatic heterocycles. The number of hydrogen-bond donors (Lipinski definition) is 1. The third kappa shape index (κ3) is 4.24. The lowest BCUT2D eigenvalue weighted by Gasteiger charge is -2.42. The summed E-state index contributed by atoms with van der Waals surface area (Å²) in [4.78, 5) is 1.74. The molecule has 1 aromatic carbocycles. The number of piperazine rings is 1. The van der Waals surface area contributed by atoms with Gasteiger partial charge in [0.15, 0.2) is 0 Å². The third-order valence-electron chi connectivity index (χ3n) is 6.06. The number of benzene rings is 1. The monoisotopic (exact) mass is 514 g/mol. The highest BCUT2D eigenvalue weighted by Crippen LogP contribution is 2.50. The maximum Gasteiger partial charge on any atom is 0.430 e. The molecular formula is C20H20F6N2O3S2. The van der Waals surface area contributed by atoms with Gasteiger partial charge in [0.2, 0.25) is 0 Å². The van der Waals surface area contributed by atoms with Crippen LogP contribution in [0.3, 0.4) is 0 Å². The van der Waals surface area contributed by atoms with Crippen LogP contribution in [-0.4, -0.2) is 55.9 Å². The molecule has 1 atom stereocenters. The molecule has 0 amide bonds. The lowest BCUT2D eigenvalue weighted by atomic mass is 9.92. The Balaban J connectivity index is 1.58. The molecule has 1 unspecified atom stereocenters. The van der Waals surface area contributed by atoms with Crippen LogP contribution < -0.4 is 4.90 Å². The summed E-state index contributed by atoms with van der Waals surface area (Å²) < 4.78 is 106. The summed E-state index contributed by atoms with van der Waals surface area (Å²) in [5.41, 5.74) is -5.96. The average molecular weight is 515 g/mol. The first-order chi connectivity index (χ1) is 15.3. The van der Waals surface area contributed by atoms with E-state index in [-0.39, 0.29) is 35.8 Å². The van der Waals surface area contributed by atoms with E-state index in [2.05, 4.69) is 0 Å². The highest BCUT2D eigenvalue weighted by atomic mass is 32.2. The first kappa shape index (κ1) is 24.3. The zero-order chi connectivity index (χ0) is 24.2. The van der Waals surface area contributed by atoms with Gasteiger partial charge in [-0.05, 0) is 42.3 Å². The molecule has 2 aromatic rings. The highest BCUT2D eigenvalue weighted by Gasteiger charge is 2.71. The van der Waals surface area contributed by atoms with Crippen LogP contribution in [0.25, 0.3) is 0 Å². The largest absolute Gasteiger partial charge is 0.430 e. The SMILES string of the molecule is O=S(=O)(c1cccs1)N1CCN(c2ccc(C(O)(C(F)(F)F)C(F)(F)F)cc2)CC1C1CC1. The van der Waals surface area contributed by atoms with Gasteiger partial charge in [-0.15, -0.1) is 11.3 Å². The van der Waals surface area contributed by atoms with Crippen molar-refractivity contribution in [3.05, 3.63) is 47.3 Å². The summed E-state index contributed by atoms with van der Waals surface area (Å²) in [6, 6.07) is 6.21. The van der Waals surface area contributed by atoms with Crippen molar-refractivity contribution in [1.82, 2.24) is 4.31 Å². The molecule has 0 bridgehead atoms. The van der Waals surface area contributed by atoms with Crippen LogP contribution in [0.2, 0.25) is 0 Å². The Morgan fingerprint density at radius 1 is 0.939 bits per heavy atom. The minimum atomic E-state index is -5.95. The number of hydrogen-bond acceptors (Lipinski definition) is 5. The number of aliphatic hydroxyl groups is 1. The molecule has 0 radical (unpaired) electrons. The average Bonchev–Trinajstić information content (AvgIpc) is 3.43. The van der Waals surface area contributed by atoms with Gasteiger partial charge in [0.05, 0.1) is 0 Å². The van der Waals surface area contributed by atoms with Crippen LogP contribution in [0.5, 0.6) is 0 Å². The van der Waals surface area contributed by atoms with Gasteiger partial charge < -0.3 is 10.0 Å². The maximum atomic E-state index is 13.1. The Hall–Kier alpha value is -1.83. The molecule has 2 aliphatic rings. The van der Waals surface area contributed by atoms with Crippen molar-refractivity contribution in [2.75, 3.05) is 24.5 Å². The number of halogens is 6. The van der Waals surface area contributed by atoms with E-state index in [1.54, 1.807) is 16.3 Å². The van der Waals surface area contributed by atoms with Crippen LogP contribution in [0, 0.1) is 5.92 Å². The van der Waals surface area contributed by atoms with Crippen LogP contribution in [0.15, 0.2) is 46.0 Å². The molecule has 4 rings (SSSR count). The molecule has 1 N–H and O–H groups in total. The van der Waals surface area contributed by atoms with Gasteiger partial charge >= 0.3 is 12.4 Å². The third-order valence-corrected chi connectivity index (χ3v) is 9.36. The lowest BCUT2D eigenvalue weighted by Crippen LogP contribution is -2.56. The van der Waals surface area contributed by atoms with Crippen molar-refractivity contribution in [3.63, 3.8) is 0 Å². The topological polar surface area (TPSA) is 60.9 Å². The molecular weight excluding hydrogens is 494 g/mol. The van der Waals surface area contributed by atoms with Crippen molar-refractivity contribution >= 4 is 27.0 Å². The van der Waals surface area contributed by atoms with Gasteiger partial charge in [0.25, 0.3) is 15.6 Å². The van der Waals surface area contributed by atoms with Gasteiger partial charge in [0, 0.05) is 36.9 Å². The zero-order valence-electron chi connectivity index (χ0n) is 17.0. The van der Waals surface area contributed by atoms with Gasteiger partial charge in [-0.3, -0.25) is 0 Å². The molecule has 1 aliphatic heterocycles. The van der Waals surface area contributed by atoms with Crippen molar-refractivity contribution in [3.8, 4) is 0 Å². The predicted octanol–water partition coefficient (Wildman–Crippen LogP) is 4.35. The standard InChI is InChI=1S/C20H20F6N2O3S2/c21-19(22,23)18(29,20(24,25)26)14-5-7-15(8-6-14)27-9-10-28(16(12-27)13-3-4-13)33(30,31)17-2-1-11-32-17/h1-2,5-8,11,13,16,29H,3-4,9-10,12H2. The minimum absolute atomic E-state index is 0.137. The Kier molecular flexibility index (Phi) is 5.99. The van der Waals surface area contributed by atoms with E-state index in [0.29, 0.717) is 17.8 Å². The summed E-state index contributed by atoms with van der Waals surface area (Å²) in [7, 11) is -3.70. The van der Waals surface area contributed by atoms with E-state index in [4.69, 9.17) is 0 Å². The van der Waals surface area contributed by atoms with Gasteiger partial charge in [-0.1, -0.05) is 18.2 Å². The second-order valence-electron chi connectivity index (χ2n) is 8.15. The molecule has 0 spiro atoms. The molecule has 2 heterocycles. The number of nitrogens with zero attached hydrogens (tertiary/aromatic N) is 2. The Labute approximate surface area is 190 Å². The molecule has 182 valence electrons. The molecule has 5 nitrogen and oxygen atoms in total.